The molecule has 1 aliphatic carbocycles. The lowest BCUT2D eigenvalue weighted by molar-refractivity contribution is -0.157. The summed E-state index contributed by atoms with van der Waals surface area (Å²) in [6.45, 7) is -0.225. The molecule has 1 aliphatic rings. The largest absolute Gasteiger partial charge is 0.481 e. The zero-order valence-corrected chi connectivity index (χ0v) is 8.43. The highest BCUT2D eigenvalue weighted by Crippen LogP contribution is 2.40. The number of amides is 1. The number of hydrogen-bond acceptors (Lipinski definition) is 2. The van der Waals surface area contributed by atoms with Crippen LogP contribution >= 0.6 is 0 Å². The van der Waals surface area contributed by atoms with E-state index >= 15 is 0 Å². The van der Waals surface area contributed by atoms with Crippen LogP contribution in [0, 0.1) is 5.41 Å². The first-order valence-corrected chi connectivity index (χ1v) is 4.82. The van der Waals surface area contributed by atoms with Crippen molar-refractivity contribution in [2.45, 2.75) is 31.9 Å². The van der Waals surface area contributed by atoms with E-state index in [-0.39, 0.29) is 6.54 Å². The van der Waals surface area contributed by atoms with Crippen LogP contribution in [0.1, 0.15) is 25.7 Å². The van der Waals surface area contributed by atoms with Gasteiger partial charge in [0.2, 0.25) is 5.91 Å². The lowest BCUT2D eigenvalue weighted by Crippen LogP contribution is -2.48. The summed E-state index contributed by atoms with van der Waals surface area (Å²) in [5.74, 6) is -2.24. The molecule has 1 rings (SSSR count). The highest BCUT2D eigenvalue weighted by atomic mass is 19.4. The average molecular weight is 239 g/mol. The molecule has 0 spiro atoms. The maximum Gasteiger partial charge on any atom is 0.397 e. The van der Waals surface area contributed by atoms with Gasteiger partial charge in [0.15, 0.2) is 0 Å². The van der Waals surface area contributed by atoms with Gasteiger partial charge in [-0.25, -0.2) is 0 Å². The number of carbonyl (C=O) groups excluding carboxylic acids is 1. The first kappa shape index (κ1) is 12.8. The number of carbonyl (C=O) groups is 2. The van der Waals surface area contributed by atoms with Gasteiger partial charge in [-0.1, -0.05) is 6.42 Å². The third-order valence-corrected chi connectivity index (χ3v) is 2.75. The minimum atomic E-state index is -4.56. The zero-order chi connectivity index (χ0) is 12.4. The predicted octanol–water partition coefficient (Wildman–Crippen LogP) is 1.31. The molecule has 92 valence electrons. The Hall–Kier alpha value is -1.27. The van der Waals surface area contributed by atoms with Gasteiger partial charge in [0.1, 0.15) is 6.42 Å². The smallest absolute Gasteiger partial charge is 0.397 e. The van der Waals surface area contributed by atoms with E-state index < -0.39 is 29.9 Å². The number of rotatable bonds is 4. The van der Waals surface area contributed by atoms with Crippen LogP contribution in [0.5, 0.6) is 0 Å². The SMILES string of the molecule is O=C(CC(F)(F)F)NCC1(C(=O)O)CCC1. The Bertz CT molecular complexity index is 297. The van der Waals surface area contributed by atoms with Crippen LogP contribution in [0.25, 0.3) is 0 Å². The second-order valence-corrected chi connectivity index (χ2v) is 4.01. The van der Waals surface area contributed by atoms with Crippen LogP contribution in [-0.4, -0.2) is 29.7 Å². The van der Waals surface area contributed by atoms with Crippen LogP contribution in [0.3, 0.4) is 0 Å². The Labute approximate surface area is 89.8 Å². The van der Waals surface area contributed by atoms with Crippen molar-refractivity contribution in [2.75, 3.05) is 6.54 Å². The molecule has 7 heteroatoms. The van der Waals surface area contributed by atoms with Crippen molar-refractivity contribution in [2.24, 2.45) is 5.41 Å². The molecule has 0 saturated heterocycles. The molecular weight excluding hydrogens is 227 g/mol. The van der Waals surface area contributed by atoms with Crippen molar-refractivity contribution in [1.29, 1.82) is 0 Å². The Balaban J connectivity index is 2.39. The average Bonchev–Trinajstić information content (AvgIpc) is 1.97. The van der Waals surface area contributed by atoms with Crippen molar-refractivity contribution in [3.63, 3.8) is 0 Å². The molecule has 2 N–H and O–H groups in total. The van der Waals surface area contributed by atoms with Crippen molar-refractivity contribution in [1.82, 2.24) is 5.32 Å². The number of alkyl halides is 3. The Morgan fingerprint density at radius 2 is 1.88 bits per heavy atom. The van der Waals surface area contributed by atoms with Gasteiger partial charge in [0.25, 0.3) is 0 Å². The van der Waals surface area contributed by atoms with Crippen LogP contribution in [0.4, 0.5) is 13.2 Å². The quantitative estimate of drug-likeness (QED) is 0.777. The standard InChI is InChI=1S/C9H12F3NO3/c10-9(11,12)4-6(14)13-5-8(7(15)16)2-1-3-8/h1-5H2,(H,13,14)(H,15,16). The fourth-order valence-electron chi connectivity index (χ4n) is 1.58. The number of halogens is 3. The van der Waals surface area contributed by atoms with Crippen molar-refractivity contribution < 1.29 is 27.9 Å². The van der Waals surface area contributed by atoms with E-state index in [2.05, 4.69) is 0 Å². The highest BCUT2D eigenvalue weighted by Gasteiger charge is 2.44. The third kappa shape index (κ3) is 3.11. The van der Waals surface area contributed by atoms with Gasteiger partial charge in [0, 0.05) is 6.54 Å². The Morgan fingerprint density at radius 1 is 1.31 bits per heavy atom. The molecule has 0 heterocycles. The molecule has 0 bridgehead atoms. The first-order valence-electron chi connectivity index (χ1n) is 4.82. The van der Waals surface area contributed by atoms with E-state index in [0.717, 1.165) is 6.42 Å². The molecule has 0 aliphatic heterocycles. The number of hydrogen-bond donors (Lipinski definition) is 2. The van der Waals surface area contributed by atoms with E-state index in [1.807, 2.05) is 5.32 Å². The van der Waals surface area contributed by atoms with Crippen LogP contribution in [-0.2, 0) is 9.59 Å². The number of nitrogens with one attached hydrogen (secondary N) is 1. The molecule has 16 heavy (non-hydrogen) atoms. The number of carboxylic acids is 1. The fourth-order valence-corrected chi connectivity index (χ4v) is 1.58. The van der Waals surface area contributed by atoms with Gasteiger partial charge in [0.05, 0.1) is 5.41 Å². The maximum absolute atomic E-state index is 11.8. The molecule has 0 radical (unpaired) electrons. The molecular formula is C9H12F3NO3. The molecule has 1 saturated carbocycles. The molecule has 0 unspecified atom stereocenters. The van der Waals surface area contributed by atoms with Crippen molar-refractivity contribution >= 4 is 11.9 Å². The Morgan fingerprint density at radius 3 is 2.19 bits per heavy atom. The van der Waals surface area contributed by atoms with Crippen LogP contribution in [0.15, 0.2) is 0 Å². The third-order valence-electron chi connectivity index (χ3n) is 2.75. The van der Waals surface area contributed by atoms with Gasteiger partial charge in [-0.05, 0) is 12.8 Å². The minimum absolute atomic E-state index is 0.225. The van der Waals surface area contributed by atoms with Gasteiger partial charge < -0.3 is 10.4 Å². The lowest BCUT2D eigenvalue weighted by Gasteiger charge is -2.37. The maximum atomic E-state index is 11.8. The summed E-state index contributed by atoms with van der Waals surface area (Å²) in [7, 11) is 0. The first-order chi connectivity index (χ1) is 7.25. The summed E-state index contributed by atoms with van der Waals surface area (Å²) in [4.78, 5) is 21.7. The van der Waals surface area contributed by atoms with E-state index in [0.29, 0.717) is 12.8 Å². The van der Waals surface area contributed by atoms with E-state index in [1.165, 1.54) is 0 Å². The second kappa shape index (κ2) is 4.31. The summed E-state index contributed by atoms with van der Waals surface area (Å²) in [5.41, 5.74) is -1.05. The zero-order valence-electron chi connectivity index (χ0n) is 8.43. The fraction of sp³-hybridized carbons (Fsp3) is 0.778. The lowest BCUT2D eigenvalue weighted by atomic mass is 9.69. The molecule has 0 atom stereocenters. The minimum Gasteiger partial charge on any atom is -0.481 e. The predicted molar refractivity (Wildman–Crippen MR) is 47.6 cm³/mol. The van der Waals surface area contributed by atoms with E-state index in [9.17, 15) is 22.8 Å². The normalized spacial score (nSPS) is 18.7. The van der Waals surface area contributed by atoms with Crippen LogP contribution < -0.4 is 5.32 Å². The molecule has 1 amide bonds. The number of aliphatic carboxylic acids is 1. The molecule has 1 fully saturated rings. The summed E-state index contributed by atoms with van der Waals surface area (Å²) in [5, 5.41) is 10.9. The van der Waals surface area contributed by atoms with Crippen LogP contribution in [0.2, 0.25) is 0 Å². The van der Waals surface area contributed by atoms with E-state index in [4.69, 9.17) is 5.11 Å². The van der Waals surface area contributed by atoms with E-state index in [1.54, 1.807) is 0 Å². The van der Waals surface area contributed by atoms with Gasteiger partial charge in [-0.3, -0.25) is 9.59 Å². The second-order valence-electron chi connectivity index (χ2n) is 4.01. The topological polar surface area (TPSA) is 66.4 Å². The monoisotopic (exact) mass is 239 g/mol. The summed E-state index contributed by atoms with van der Waals surface area (Å²) in [6, 6.07) is 0. The van der Waals surface area contributed by atoms with Gasteiger partial charge in [-0.15, -0.1) is 0 Å². The van der Waals surface area contributed by atoms with Gasteiger partial charge in [-0.2, -0.15) is 13.2 Å². The Kier molecular flexibility index (Phi) is 3.44. The number of carboxylic acid groups (broad SMARTS) is 1. The molecule has 0 aromatic heterocycles. The summed E-state index contributed by atoms with van der Waals surface area (Å²) < 4.78 is 35.4. The molecule has 0 aromatic carbocycles. The highest BCUT2D eigenvalue weighted by molar-refractivity contribution is 5.79. The van der Waals surface area contributed by atoms with Gasteiger partial charge >= 0.3 is 12.1 Å². The molecule has 0 aromatic rings. The summed E-state index contributed by atoms with van der Waals surface area (Å²) >= 11 is 0. The van der Waals surface area contributed by atoms with Crippen molar-refractivity contribution in [3.05, 3.63) is 0 Å². The summed E-state index contributed by atoms with van der Waals surface area (Å²) in [6.07, 6.45) is -4.60. The molecule has 4 nitrogen and oxygen atoms in total. The van der Waals surface area contributed by atoms with Crippen molar-refractivity contribution in [3.8, 4) is 0 Å².